The van der Waals surface area contributed by atoms with Gasteiger partial charge in [0.1, 0.15) is 0 Å². The van der Waals surface area contributed by atoms with Crippen LogP contribution in [0.25, 0.3) is 0 Å². The third-order valence-corrected chi connectivity index (χ3v) is 3.84. The first-order chi connectivity index (χ1) is 7.92. The number of hydrogen-bond donors (Lipinski definition) is 1. The van der Waals surface area contributed by atoms with Crippen LogP contribution < -0.4 is 4.72 Å². The van der Waals surface area contributed by atoms with Crippen molar-refractivity contribution in [2.45, 2.75) is 24.7 Å². The van der Waals surface area contributed by atoms with Crippen molar-refractivity contribution in [2.75, 3.05) is 6.54 Å². The molecule has 4 nitrogen and oxygen atoms in total. The van der Waals surface area contributed by atoms with Gasteiger partial charge in [0.2, 0.25) is 15.3 Å². The molecule has 0 radical (unpaired) electrons. The van der Waals surface area contributed by atoms with Crippen LogP contribution in [0.2, 0.25) is 0 Å². The maximum absolute atomic E-state index is 11.8. The van der Waals surface area contributed by atoms with E-state index >= 15 is 0 Å². The minimum absolute atomic E-state index is 0.165. The molecule has 0 saturated heterocycles. The molecule has 0 aliphatic rings. The molecule has 1 aromatic rings. The van der Waals surface area contributed by atoms with Crippen molar-refractivity contribution >= 4 is 26.9 Å². The molecule has 0 fully saturated rings. The van der Waals surface area contributed by atoms with E-state index in [2.05, 4.69) is 4.72 Å². The highest BCUT2D eigenvalue weighted by molar-refractivity contribution is 7.89. The second-order valence-corrected chi connectivity index (χ2v) is 5.86. The number of aryl methyl sites for hydroxylation is 1. The maximum atomic E-state index is 11.8. The maximum Gasteiger partial charge on any atom is 0.240 e. The Morgan fingerprint density at radius 2 is 1.88 bits per heavy atom. The summed E-state index contributed by atoms with van der Waals surface area (Å²) in [6, 6.07) is 6.56. The number of hydrogen-bond acceptors (Lipinski definition) is 3. The first-order valence-corrected chi connectivity index (χ1v) is 7.02. The zero-order valence-corrected chi connectivity index (χ0v) is 11.0. The predicted molar refractivity (Wildman–Crippen MR) is 66.5 cm³/mol. The molecule has 0 bridgehead atoms. The second kappa shape index (κ2) is 6.14. The van der Waals surface area contributed by atoms with E-state index in [0.29, 0.717) is 6.42 Å². The quantitative estimate of drug-likeness (QED) is 0.636. The fraction of sp³-hybridized carbons (Fsp3) is 0.364. The van der Waals surface area contributed by atoms with Crippen LogP contribution in [0.5, 0.6) is 0 Å². The summed E-state index contributed by atoms with van der Waals surface area (Å²) >= 11 is 5.15. The summed E-state index contributed by atoms with van der Waals surface area (Å²) < 4.78 is 25.9. The number of carbonyl (C=O) groups excluding carboxylic acids is 1. The minimum atomic E-state index is -3.48. The first kappa shape index (κ1) is 14.2. The van der Waals surface area contributed by atoms with Crippen LogP contribution in [-0.4, -0.2) is 20.2 Å². The van der Waals surface area contributed by atoms with Gasteiger partial charge < -0.3 is 0 Å². The molecule has 0 aromatic heterocycles. The van der Waals surface area contributed by atoms with Crippen molar-refractivity contribution in [1.82, 2.24) is 4.72 Å². The molecular weight excluding hydrogens is 262 g/mol. The van der Waals surface area contributed by atoms with Crippen LogP contribution in [-0.2, 0) is 14.8 Å². The van der Waals surface area contributed by atoms with Crippen molar-refractivity contribution in [3.05, 3.63) is 29.8 Å². The molecule has 1 aromatic carbocycles. The van der Waals surface area contributed by atoms with Gasteiger partial charge >= 0.3 is 0 Å². The van der Waals surface area contributed by atoms with Gasteiger partial charge in [-0.3, -0.25) is 4.79 Å². The summed E-state index contributed by atoms with van der Waals surface area (Å²) in [5.74, 6) is 0. The molecule has 0 amide bonds. The van der Waals surface area contributed by atoms with Crippen LogP contribution in [0, 0.1) is 6.92 Å². The van der Waals surface area contributed by atoms with E-state index in [1.165, 1.54) is 0 Å². The van der Waals surface area contributed by atoms with Gasteiger partial charge in [0, 0.05) is 13.0 Å². The summed E-state index contributed by atoms with van der Waals surface area (Å²) in [7, 11) is -3.48. The van der Waals surface area contributed by atoms with E-state index in [9.17, 15) is 13.2 Å². The number of rotatable bonds is 6. The van der Waals surface area contributed by atoms with Crippen molar-refractivity contribution in [1.29, 1.82) is 0 Å². The largest absolute Gasteiger partial charge is 0.281 e. The summed E-state index contributed by atoms with van der Waals surface area (Å²) in [6.45, 7) is 2.09. The fourth-order valence-corrected chi connectivity index (χ4v) is 2.44. The first-order valence-electron chi connectivity index (χ1n) is 5.16. The number of nitrogens with one attached hydrogen (secondary N) is 1. The Bertz CT molecular complexity index is 482. The molecule has 17 heavy (non-hydrogen) atoms. The topological polar surface area (TPSA) is 63.2 Å². The van der Waals surface area contributed by atoms with Crippen molar-refractivity contribution in [2.24, 2.45) is 0 Å². The molecule has 0 aliphatic heterocycles. The average molecular weight is 276 g/mol. The highest BCUT2D eigenvalue weighted by Gasteiger charge is 2.12. The third kappa shape index (κ3) is 4.85. The van der Waals surface area contributed by atoms with Crippen molar-refractivity contribution in [3.8, 4) is 0 Å². The van der Waals surface area contributed by atoms with Crippen LogP contribution in [0.1, 0.15) is 18.4 Å². The molecule has 0 spiro atoms. The number of carbonyl (C=O) groups is 1. The van der Waals surface area contributed by atoms with Crippen LogP contribution in [0.15, 0.2) is 29.2 Å². The minimum Gasteiger partial charge on any atom is -0.281 e. The van der Waals surface area contributed by atoms with E-state index in [1.807, 2.05) is 6.92 Å². The standard InChI is InChI=1S/C11H14ClNO3S/c1-9-4-6-10(7-5-9)17(15,16)13-8-2-3-11(12)14/h4-7,13H,2-3,8H2,1H3. The zero-order valence-electron chi connectivity index (χ0n) is 9.44. The molecule has 0 aliphatic carbocycles. The molecule has 0 heterocycles. The molecule has 0 saturated carbocycles. The Morgan fingerprint density at radius 1 is 1.29 bits per heavy atom. The lowest BCUT2D eigenvalue weighted by Crippen LogP contribution is -2.25. The van der Waals surface area contributed by atoms with Crippen molar-refractivity contribution in [3.63, 3.8) is 0 Å². The highest BCUT2D eigenvalue weighted by atomic mass is 35.5. The van der Waals surface area contributed by atoms with Crippen LogP contribution >= 0.6 is 11.6 Å². The Hall–Kier alpha value is -0.910. The van der Waals surface area contributed by atoms with Crippen LogP contribution in [0.3, 0.4) is 0 Å². The van der Waals surface area contributed by atoms with Gasteiger partial charge in [-0.15, -0.1) is 0 Å². The van der Waals surface area contributed by atoms with E-state index in [4.69, 9.17) is 11.6 Å². The monoisotopic (exact) mass is 275 g/mol. The van der Waals surface area contributed by atoms with E-state index in [0.717, 1.165) is 5.56 Å². The van der Waals surface area contributed by atoms with Gasteiger partial charge in [-0.25, -0.2) is 13.1 Å². The van der Waals surface area contributed by atoms with E-state index in [1.54, 1.807) is 24.3 Å². The van der Waals surface area contributed by atoms with Gasteiger partial charge in [0.25, 0.3) is 0 Å². The summed E-state index contributed by atoms with van der Waals surface area (Å²) in [6.07, 6.45) is 0.561. The molecule has 6 heteroatoms. The van der Waals surface area contributed by atoms with Gasteiger partial charge in [0.15, 0.2) is 0 Å². The molecule has 94 valence electrons. The second-order valence-electron chi connectivity index (χ2n) is 3.67. The van der Waals surface area contributed by atoms with Gasteiger partial charge in [-0.2, -0.15) is 0 Å². The van der Waals surface area contributed by atoms with E-state index in [-0.39, 0.29) is 17.9 Å². The molecule has 0 unspecified atom stereocenters. The molecule has 1 rings (SSSR count). The molecule has 1 N–H and O–H groups in total. The lowest BCUT2D eigenvalue weighted by Gasteiger charge is -2.06. The fourth-order valence-electron chi connectivity index (χ4n) is 1.23. The van der Waals surface area contributed by atoms with Gasteiger partial charge in [-0.05, 0) is 37.1 Å². The Kier molecular flexibility index (Phi) is 5.11. The van der Waals surface area contributed by atoms with Crippen molar-refractivity contribution < 1.29 is 13.2 Å². The zero-order chi connectivity index (χ0) is 12.9. The third-order valence-electron chi connectivity index (χ3n) is 2.17. The lowest BCUT2D eigenvalue weighted by molar-refractivity contribution is -0.111. The number of benzene rings is 1. The Balaban J connectivity index is 2.57. The van der Waals surface area contributed by atoms with Crippen LogP contribution in [0.4, 0.5) is 0 Å². The summed E-state index contributed by atoms with van der Waals surface area (Å²) in [4.78, 5) is 10.7. The lowest BCUT2D eigenvalue weighted by atomic mass is 10.2. The summed E-state index contributed by atoms with van der Waals surface area (Å²) in [5, 5.41) is -0.459. The molecule has 0 atom stereocenters. The Morgan fingerprint density at radius 3 is 2.41 bits per heavy atom. The average Bonchev–Trinajstić information content (AvgIpc) is 2.25. The van der Waals surface area contributed by atoms with Gasteiger partial charge in [0.05, 0.1) is 4.90 Å². The van der Waals surface area contributed by atoms with Gasteiger partial charge in [-0.1, -0.05) is 17.7 Å². The normalized spacial score (nSPS) is 11.4. The number of halogens is 1. The smallest absolute Gasteiger partial charge is 0.240 e. The highest BCUT2D eigenvalue weighted by Crippen LogP contribution is 2.09. The Labute approximate surface area is 106 Å². The summed E-state index contributed by atoms with van der Waals surface area (Å²) in [5.41, 5.74) is 0.997. The molecular formula is C11H14ClNO3S. The predicted octanol–water partition coefficient (Wildman–Crippen LogP) is 1.82. The van der Waals surface area contributed by atoms with E-state index < -0.39 is 15.3 Å². The number of sulfonamides is 1. The SMILES string of the molecule is Cc1ccc(S(=O)(=O)NCCCC(=O)Cl)cc1.